The number of hydrogen-bond acceptors (Lipinski definition) is 4. The van der Waals surface area contributed by atoms with Crippen molar-refractivity contribution >= 4 is 22.9 Å². The van der Waals surface area contributed by atoms with Crippen molar-refractivity contribution in [2.24, 2.45) is 0 Å². The lowest BCUT2D eigenvalue weighted by atomic mass is 9.93. The molecule has 0 aliphatic carbocycles. The zero-order valence-electron chi connectivity index (χ0n) is 18.3. The van der Waals surface area contributed by atoms with Crippen LogP contribution in [0.15, 0.2) is 72.1 Å². The quantitative estimate of drug-likeness (QED) is 0.466. The van der Waals surface area contributed by atoms with E-state index < -0.39 is 0 Å². The second-order valence-corrected chi connectivity index (χ2v) is 9.17. The van der Waals surface area contributed by atoms with E-state index in [-0.39, 0.29) is 11.9 Å². The average molecular weight is 443 g/mol. The first-order valence-corrected chi connectivity index (χ1v) is 11.8. The smallest absolute Gasteiger partial charge is 0.238 e. The average Bonchev–Trinajstić information content (AvgIpc) is 3.40. The van der Waals surface area contributed by atoms with Crippen molar-refractivity contribution in [2.75, 3.05) is 18.4 Å². The highest BCUT2D eigenvalue weighted by molar-refractivity contribution is 7.10. The molecule has 162 valence electrons. The molecule has 32 heavy (non-hydrogen) atoms. The van der Waals surface area contributed by atoms with Crippen LogP contribution in [0.2, 0.25) is 0 Å². The number of rotatable bonds is 5. The molecule has 0 saturated heterocycles. The zero-order chi connectivity index (χ0) is 22.1. The number of nitrogens with one attached hydrogen (secondary N) is 1. The highest BCUT2D eigenvalue weighted by atomic mass is 32.1. The predicted octanol–water partition coefficient (Wildman–Crippen LogP) is 5.14. The van der Waals surface area contributed by atoms with Crippen molar-refractivity contribution in [3.8, 4) is 5.69 Å². The summed E-state index contributed by atoms with van der Waals surface area (Å²) >= 11 is 1.81. The van der Waals surface area contributed by atoms with E-state index in [0.29, 0.717) is 6.54 Å². The van der Waals surface area contributed by atoms with Gasteiger partial charge in [-0.1, -0.05) is 48.5 Å². The number of carbonyl (C=O) groups excluding carboxylic acids is 1. The minimum atomic E-state index is -0.0107. The molecule has 0 radical (unpaired) electrons. The molecule has 0 bridgehead atoms. The normalized spacial score (nSPS) is 16.0. The second-order valence-electron chi connectivity index (χ2n) is 8.17. The lowest BCUT2D eigenvalue weighted by Gasteiger charge is -2.35. The maximum absolute atomic E-state index is 13.2. The van der Waals surface area contributed by atoms with Gasteiger partial charge in [0.15, 0.2) is 0 Å². The van der Waals surface area contributed by atoms with Crippen LogP contribution in [0.4, 0.5) is 5.69 Å². The van der Waals surface area contributed by atoms with Crippen LogP contribution >= 0.6 is 11.3 Å². The number of hydrogen-bond donors (Lipinski definition) is 1. The lowest BCUT2D eigenvalue weighted by Crippen LogP contribution is -2.40. The summed E-state index contributed by atoms with van der Waals surface area (Å²) in [6, 6.07) is 22.8. The Labute approximate surface area is 192 Å². The van der Waals surface area contributed by atoms with Gasteiger partial charge in [-0.15, -0.1) is 11.3 Å². The molecular formula is C26H26N4OS. The predicted molar refractivity (Wildman–Crippen MR) is 130 cm³/mol. The summed E-state index contributed by atoms with van der Waals surface area (Å²) in [6.07, 6.45) is 0.980. The van der Waals surface area contributed by atoms with Crippen molar-refractivity contribution in [3.05, 3.63) is 99.5 Å². The van der Waals surface area contributed by atoms with Gasteiger partial charge in [0.05, 0.1) is 35.3 Å². The molecule has 1 amide bonds. The van der Waals surface area contributed by atoms with Gasteiger partial charge in [-0.2, -0.15) is 5.10 Å². The van der Waals surface area contributed by atoms with Crippen molar-refractivity contribution in [2.45, 2.75) is 26.3 Å². The van der Waals surface area contributed by atoms with Gasteiger partial charge in [-0.3, -0.25) is 9.69 Å². The van der Waals surface area contributed by atoms with Crippen LogP contribution in [0, 0.1) is 13.8 Å². The lowest BCUT2D eigenvalue weighted by molar-refractivity contribution is -0.117. The molecule has 6 heteroatoms. The molecule has 2 aromatic heterocycles. The highest BCUT2D eigenvalue weighted by Crippen LogP contribution is 2.37. The highest BCUT2D eigenvalue weighted by Gasteiger charge is 2.31. The number of fused-ring (bicyclic) bond motifs is 1. The molecule has 1 N–H and O–H groups in total. The van der Waals surface area contributed by atoms with Gasteiger partial charge < -0.3 is 5.32 Å². The summed E-state index contributed by atoms with van der Waals surface area (Å²) in [5.74, 6) is -0.0107. The largest absolute Gasteiger partial charge is 0.322 e. The first-order valence-electron chi connectivity index (χ1n) is 10.9. The Hall–Kier alpha value is -3.22. The SMILES string of the molecule is Cc1nn(-c2ccccc2)c(C)c1NC(=O)CN1CCc2sccc2[C@@H]1c1ccccc1. The van der Waals surface area contributed by atoms with Crippen LogP contribution < -0.4 is 5.32 Å². The van der Waals surface area contributed by atoms with E-state index >= 15 is 0 Å². The molecule has 5 rings (SSSR count). The van der Waals surface area contributed by atoms with Gasteiger partial charge >= 0.3 is 0 Å². The molecule has 2 aromatic carbocycles. The number of carbonyl (C=O) groups is 1. The van der Waals surface area contributed by atoms with Crippen molar-refractivity contribution in [1.82, 2.24) is 14.7 Å². The van der Waals surface area contributed by atoms with Gasteiger partial charge in [0, 0.05) is 11.4 Å². The Kier molecular flexibility index (Phi) is 5.64. The summed E-state index contributed by atoms with van der Waals surface area (Å²) in [6.45, 7) is 5.13. The van der Waals surface area contributed by atoms with E-state index in [1.165, 1.54) is 16.0 Å². The molecule has 0 saturated carbocycles. The van der Waals surface area contributed by atoms with Crippen LogP contribution in [-0.4, -0.2) is 33.7 Å². The number of para-hydroxylation sites is 1. The summed E-state index contributed by atoms with van der Waals surface area (Å²) in [5, 5.41) is 9.96. The molecule has 0 spiro atoms. The van der Waals surface area contributed by atoms with Crippen LogP contribution in [-0.2, 0) is 11.2 Å². The third-order valence-corrected chi connectivity index (χ3v) is 7.08. The number of nitrogens with zero attached hydrogens (tertiary/aromatic N) is 3. The third kappa shape index (κ3) is 3.87. The number of anilines is 1. The van der Waals surface area contributed by atoms with E-state index in [1.807, 2.05) is 66.3 Å². The minimum Gasteiger partial charge on any atom is -0.322 e. The number of benzene rings is 2. The Morgan fingerprint density at radius 2 is 1.78 bits per heavy atom. The summed E-state index contributed by atoms with van der Waals surface area (Å²) in [4.78, 5) is 16.9. The second kappa shape index (κ2) is 8.73. The monoisotopic (exact) mass is 442 g/mol. The molecule has 1 aliphatic heterocycles. The Morgan fingerprint density at radius 1 is 1.06 bits per heavy atom. The van der Waals surface area contributed by atoms with E-state index in [0.717, 1.165) is 35.7 Å². The Bertz CT molecular complexity index is 1230. The Morgan fingerprint density at radius 3 is 2.53 bits per heavy atom. The van der Waals surface area contributed by atoms with Gasteiger partial charge in [-0.25, -0.2) is 4.68 Å². The third-order valence-electron chi connectivity index (χ3n) is 6.08. The molecule has 0 fully saturated rings. The Balaban J connectivity index is 1.38. The number of thiophene rings is 1. The first-order chi connectivity index (χ1) is 15.6. The zero-order valence-corrected chi connectivity index (χ0v) is 19.1. The number of aryl methyl sites for hydroxylation is 1. The van der Waals surface area contributed by atoms with Crippen LogP contribution in [0.1, 0.15) is 33.4 Å². The molecule has 0 unspecified atom stereocenters. The van der Waals surface area contributed by atoms with Crippen molar-refractivity contribution < 1.29 is 4.79 Å². The molecule has 5 nitrogen and oxygen atoms in total. The summed E-state index contributed by atoms with van der Waals surface area (Å²) in [5.41, 5.74) is 6.08. The van der Waals surface area contributed by atoms with Crippen LogP contribution in [0.25, 0.3) is 5.69 Å². The molecule has 4 aromatic rings. The van der Waals surface area contributed by atoms with Crippen molar-refractivity contribution in [1.29, 1.82) is 0 Å². The fourth-order valence-electron chi connectivity index (χ4n) is 4.57. The van der Waals surface area contributed by atoms with Crippen LogP contribution in [0.5, 0.6) is 0 Å². The maximum Gasteiger partial charge on any atom is 0.238 e. The van der Waals surface area contributed by atoms with E-state index in [4.69, 9.17) is 0 Å². The fraction of sp³-hybridized carbons (Fsp3) is 0.231. The van der Waals surface area contributed by atoms with Gasteiger partial charge in [0.2, 0.25) is 5.91 Å². The fourth-order valence-corrected chi connectivity index (χ4v) is 5.48. The van der Waals surface area contributed by atoms with Gasteiger partial charge in [0.1, 0.15) is 0 Å². The molecular weight excluding hydrogens is 416 g/mol. The molecule has 1 aliphatic rings. The van der Waals surface area contributed by atoms with E-state index in [2.05, 4.69) is 51.0 Å². The number of amides is 1. The van der Waals surface area contributed by atoms with Gasteiger partial charge in [0.25, 0.3) is 0 Å². The van der Waals surface area contributed by atoms with E-state index in [1.54, 1.807) is 0 Å². The summed E-state index contributed by atoms with van der Waals surface area (Å²) < 4.78 is 1.89. The van der Waals surface area contributed by atoms with Crippen molar-refractivity contribution in [3.63, 3.8) is 0 Å². The minimum absolute atomic E-state index is 0.0107. The first kappa shape index (κ1) is 20.7. The molecule has 1 atom stereocenters. The standard InChI is InChI=1S/C26H26N4OS/c1-18-25(19(2)30(28-18)21-11-7-4-8-12-21)27-24(31)17-29-15-13-23-22(14-16-32-23)26(29)20-9-5-3-6-10-20/h3-12,14,16,26H,13,15,17H2,1-2H3,(H,27,31)/t26-/m0/s1. The maximum atomic E-state index is 13.2. The molecule has 3 heterocycles. The van der Waals surface area contributed by atoms with Crippen LogP contribution in [0.3, 0.4) is 0 Å². The summed E-state index contributed by atoms with van der Waals surface area (Å²) in [7, 11) is 0. The van der Waals surface area contributed by atoms with E-state index in [9.17, 15) is 4.79 Å². The van der Waals surface area contributed by atoms with Gasteiger partial charge in [-0.05, 0) is 55.0 Å². The topological polar surface area (TPSA) is 50.2 Å². The number of aromatic nitrogens is 2.